The van der Waals surface area contributed by atoms with Crippen LogP contribution in [0, 0.1) is 0 Å². The Balaban J connectivity index is 1.83. The lowest BCUT2D eigenvalue weighted by atomic mass is 10.2. The standard InChI is InChI=1S/C14H21N3O3/c1-10(17-3-5-20-6-4-17)8-16-14(19)13-7-12(9-15-13)11(2)18/h7,9-10,15H,3-6,8H2,1-2H3,(H,16,19). The molecule has 0 bridgehead atoms. The molecule has 6 heteroatoms. The van der Waals surface area contributed by atoms with E-state index in [-0.39, 0.29) is 17.7 Å². The second kappa shape index (κ2) is 6.67. The van der Waals surface area contributed by atoms with E-state index >= 15 is 0 Å². The molecule has 1 fully saturated rings. The minimum atomic E-state index is -0.183. The van der Waals surface area contributed by atoms with E-state index in [1.165, 1.54) is 6.92 Å². The summed E-state index contributed by atoms with van der Waals surface area (Å²) in [6, 6.07) is 1.85. The minimum Gasteiger partial charge on any atom is -0.379 e. The summed E-state index contributed by atoms with van der Waals surface area (Å²) in [7, 11) is 0. The third-order valence-corrected chi connectivity index (χ3v) is 3.56. The lowest BCUT2D eigenvalue weighted by Crippen LogP contribution is -2.47. The maximum atomic E-state index is 12.0. The first kappa shape index (κ1) is 14.7. The number of ketones is 1. The van der Waals surface area contributed by atoms with E-state index in [4.69, 9.17) is 4.74 Å². The predicted molar refractivity (Wildman–Crippen MR) is 75.0 cm³/mol. The van der Waals surface area contributed by atoms with Crippen molar-refractivity contribution in [3.8, 4) is 0 Å². The quantitative estimate of drug-likeness (QED) is 0.777. The predicted octanol–water partition coefficient (Wildman–Crippen LogP) is 0.668. The summed E-state index contributed by atoms with van der Waals surface area (Å²) in [6.45, 7) is 7.43. The van der Waals surface area contributed by atoms with Crippen LogP contribution in [0.4, 0.5) is 0 Å². The van der Waals surface area contributed by atoms with Crippen molar-refractivity contribution in [3.63, 3.8) is 0 Å². The molecule has 20 heavy (non-hydrogen) atoms. The van der Waals surface area contributed by atoms with Gasteiger partial charge in [-0.15, -0.1) is 0 Å². The Hall–Kier alpha value is -1.66. The zero-order valence-electron chi connectivity index (χ0n) is 11.9. The zero-order chi connectivity index (χ0) is 14.5. The largest absolute Gasteiger partial charge is 0.379 e. The molecule has 2 heterocycles. The first-order chi connectivity index (χ1) is 9.58. The van der Waals surface area contributed by atoms with Crippen molar-refractivity contribution in [2.24, 2.45) is 0 Å². The Morgan fingerprint density at radius 3 is 2.75 bits per heavy atom. The van der Waals surface area contributed by atoms with Gasteiger partial charge in [-0.2, -0.15) is 0 Å². The topological polar surface area (TPSA) is 74.4 Å². The highest BCUT2D eigenvalue weighted by Crippen LogP contribution is 2.05. The fraction of sp³-hybridized carbons (Fsp3) is 0.571. The number of aromatic nitrogens is 1. The molecule has 1 unspecified atom stereocenters. The van der Waals surface area contributed by atoms with Gasteiger partial charge in [0.15, 0.2) is 5.78 Å². The van der Waals surface area contributed by atoms with Gasteiger partial charge in [-0.3, -0.25) is 14.5 Å². The van der Waals surface area contributed by atoms with Gasteiger partial charge < -0.3 is 15.0 Å². The monoisotopic (exact) mass is 279 g/mol. The van der Waals surface area contributed by atoms with Crippen LogP contribution in [-0.4, -0.2) is 60.5 Å². The molecule has 0 spiro atoms. The van der Waals surface area contributed by atoms with Crippen LogP contribution < -0.4 is 5.32 Å². The SMILES string of the molecule is CC(=O)c1c[nH]c(C(=O)NCC(C)N2CCOCC2)c1. The summed E-state index contributed by atoms with van der Waals surface area (Å²) < 4.78 is 5.30. The number of ether oxygens (including phenoxy) is 1. The number of nitrogens with one attached hydrogen (secondary N) is 2. The molecule has 1 aromatic rings. The van der Waals surface area contributed by atoms with E-state index in [2.05, 4.69) is 22.1 Å². The van der Waals surface area contributed by atoms with Crippen LogP contribution >= 0.6 is 0 Å². The molecule has 1 aliphatic rings. The van der Waals surface area contributed by atoms with E-state index < -0.39 is 0 Å². The summed E-state index contributed by atoms with van der Waals surface area (Å²) in [4.78, 5) is 28.3. The first-order valence-electron chi connectivity index (χ1n) is 6.87. The second-order valence-corrected chi connectivity index (χ2v) is 5.07. The number of nitrogens with zero attached hydrogens (tertiary/aromatic N) is 1. The maximum absolute atomic E-state index is 12.0. The third kappa shape index (κ3) is 3.68. The van der Waals surface area contributed by atoms with Gasteiger partial charge in [0.1, 0.15) is 5.69 Å². The van der Waals surface area contributed by atoms with Crippen LogP contribution in [0.2, 0.25) is 0 Å². The molecule has 1 saturated heterocycles. The number of hydrogen-bond acceptors (Lipinski definition) is 4. The van der Waals surface area contributed by atoms with Gasteiger partial charge in [0, 0.05) is 37.4 Å². The highest BCUT2D eigenvalue weighted by molar-refractivity contribution is 5.99. The van der Waals surface area contributed by atoms with E-state index in [0.29, 0.717) is 17.8 Å². The second-order valence-electron chi connectivity index (χ2n) is 5.07. The smallest absolute Gasteiger partial charge is 0.267 e. The Labute approximate surface area is 118 Å². The van der Waals surface area contributed by atoms with Crippen LogP contribution in [-0.2, 0) is 4.74 Å². The highest BCUT2D eigenvalue weighted by Gasteiger charge is 2.18. The van der Waals surface area contributed by atoms with Crippen LogP contribution in [0.15, 0.2) is 12.3 Å². The lowest BCUT2D eigenvalue weighted by Gasteiger charge is -2.32. The van der Waals surface area contributed by atoms with Gasteiger partial charge in [-0.25, -0.2) is 0 Å². The average Bonchev–Trinajstić information content (AvgIpc) is 2.95. The van der Waals surface area contributed by atoms with Crippen molar-refractivity contribution in [1.82, 2.24) is 15.2 Å². The van der Waals surface area contributed by atoms with Crippen LogP contribution in [0.25, 0.3) is 0 Å². The van der Waals surface area contributed by atoms with Gasteiger partial charge >= 0.3 is 0 Å². The molecular weight excluding hydrogens is 258 g/mol. The zero-order valence-corrected chi connectivity index (χ0v) is 11.9. The van der Waals surface area contributed by atoms with Gasteiger partial charge in [0.25, 0.3) is 5.91 Å². The summed E-state index contributed by atoms with van der Waals surface area (Å²) in [5, 5.41) is 2.88. The lowest BCUT2D eigenvalue weighted by molar-refractivity contribution is 0.0204. The molecule has 1 amide bonds. The number of aromatic amines is 1. The van der Waals surface area contributed by atoms with Gasteiger partial charge in [-0.05, 0) is 19.9 Å². The van der Waals surface area contributed by atoms with Gasteiger partial charge in [0.05, 0.1) is 13.2 Å². The molecule has 1 aliphatic heterocycles. The fourth-order valence-corrected chi connectivity index (χ4v) is 2.21. The summed E-state index contributed by atoms with van der Waals surface area (Å²) in [5.41, 5.74) is 0.945. The summed E-state index contributed by atoms with van der Waals surface area (Å²) >= 11 is 0. The van der Waals surface area contributed by atoms with Crippen molar-refractivity contribution < 1.29 is 14.3 Å². The number of carbonyl (C=O) groups is 2. The molecule has 2 N–H and O–H groups in total. The maximum Gasteiger partial charge on any atom is 0.267 e. The van der Waals surface area contributed by atoms with Crippen molar-refractivity contribution in [3.05, 3.63) is 23.5 Å². The normalized spacial score (nSPS) is 17.7. The molecule has 110 valence electrons. The number of morpholine rings is 1. The summed E-state index contributed by atoms with van der Waals surface area (Å²) in [5.74, 6) is -0.236. The van der Waals surface area contributed by atoms with Crippen LogP contribution in [0.5, 0.6) is 0 Å². The van der Waals surface area contributed by atoms with E-state index in [9.17, 15) is 9.59 Å². The van der Waals surface area contributed by atoms with Crippen LogP contribution in [0.3, 0.4) is 0 Å². The molecule has 6 nitrogen and oxygen atoms in total. The number of hydrogen-bond donors (Lipinski definition) is 2. The highest BCUT2D eigenvalue weighted by atomic mass is 16.5. The molecule has 0 aromatic carbocycles. The van der Waals surface area contributed by atoms with Crippen molar-refractivity contribution in [2.75, 3.05) is 32.8 Å². The molecule has 0 saturated carbocycles. The van der Waals surface area contributed by atoms with E-state index in [0.717, 1.165) is 26.3 Å². The number of H-pyrrole nitrogens is 1. The third-order valence-electron chi connectivity index (χ3n) is 3.56. The molecule has 0 radical (unpaired) electrons. The number of Topliss-reactive ketones (excluding diaryl/α,β-unsaturated/α-hetero) is 1. The fourth-order valence-electron chi connectivity index (χ4n) is 2.21. The molecule has 1 aromatic heterocycles. The number of carbonyl (C=O) groups excluding carboxylic acids is 2. The molecule has 0 aliphatic carbocycles. The van der Waals surface area contributed by atoms with Crippen molar-refractivity contribution in [2.45, 2.75) is 19.9 Å². The van der Waals surface area contributed by atoms with E-state index in [1.54, 1.807) is 12.3 Å². The average molecular weight is 279 g/mol. The minimum absolute atomic E-state index is 0.0537. The van der Waals surface area contributed by atoms with E-state index in [1.807, 2.05) is 0 Å². The summed E-state index contributed by atoms with van der Waals surface area (Å²) in [6.07, 6.45) is 1.56. The molecular formula is C14H21N3O3. The number of rotatable bonds is 5. The molecule has 2 rings (SSSR count). The van der Waals surface area contributed by atoms with Gasteiger partial charge in [0.2, 0.25) is 0 Å². The van der Waals surface area contributed by atoms with Crippen molar-refractivity contribution in [1.29, 1.82) is 0 Å². The Morgan fingerprint density at radius 2 is 2.15 bits per heavy atom. The molecule has 1 atom stereocenters. The Morgan fingerprint density at radius 1 is 1.45 bits per heavy atom. The Kier molecular flexibility index (Phi) is 4.92. The first-order valence-corrected chi connectivity index (χ1v) is 6.87. The van der Waals surface area contributed by atoms with Crippen LogP contribution in [0.1, 0.15) is 34.7 Å². The number of amides is 1. The van der Waals surface area contributed by atoms with Crippen molar-refractivity contribution >= 4 is 11.7 Å². The Bertz CT molecular complexity index is 478. The van der Waals surface area contributed by atoms with Gasteiger partial charge in [-0.1, -0.05) is 0 Å².